The first kappa shape index (κ1) is 27.0. The number of hydrogen-bond acceptors (Lipinski definition) is 13. The molecule has 3 heterocycles. The van der Waals surface area contributed by atoms with Crippen LogP contribution in [0.4, 0.5) is 9.93 Å². The van der Waals surface area contributed by atoms with Crippen LogP contribution in [-0.2, 0) is 34.3 Å². The van der Waals surface area contributed by atoms with E-state index in [-0.39, 0.29) is 28.2 Å². The maximum Gasteiger partial charge on any atom is 0.410 e. The number of amides is 3. The molecule has 0 bridgehead atoms. The third kappa shape index (κ3) is 5.48. The second kappa shape index (κ2) is 9.84. The number of oxime groups is 1. The van der Waals surface area contributed by atoms with Gasteiger partial charge in [0, 0.05) is 18.5 Å². The average Bonchev–Trinajstić information content (AvgIpc) is 3.35. The number of aliphatic carboxylic acids is 1. The molecule has 7 N–H and O–H groups in total. The van der Waals surface area contributed by atoms with Gasteiger partial charge in [-0.3, -0.25) is 14.1 Å². The minimum absolute atomic E-state index is 0.00268. The molecule has 0 saturated carbocycles. The lowest BCUT2D eigenvalue weighted by Gasteiger charge is -2.45. The van der Waals surface area contributed by atoms with E-state index in [2.05, 4.69) is 15.5 Å². The third-order valence-corrected chi connectivity index (χ3v) is 6.81. The number of nitrogens with one attached hydrogen (secondary N) is 1. The van der Waals surface area contributed by atoms with Crippen molar-refractivity contribution in [1.29, 1.82) is 0 Å². The molecule has 0 unspecified atom stereocenters. The quantitative estimate of drug-likeness (QED) is 0.0882. The summed E-state index contributed by atoms with van der Waals surface area (Å²) < 4.78 is 38.1. The Balaban J connectivity index is 1.86. The molecular formula is C17H23N7O10S2. The molecule has 3 amide bonds. The monoisotopic (exact) mass is 549 g/mol. The smallest absolute Gasteiger partial charge is 0.410 e. The van der Waals surface area contributed by atoms with E-state index in [0.29, 0.717) is 0 Å². The van der Waals surface area contributed by atoms with Crippen molar-refractivity contribution >= 4 is 56.4 Å². The zero-order chi connectivity index (χ0) is 27.0. The molecule has 19 heteroatoms. The topological polar surface area (TPSA) is 257 Å². The van der Waals surface area contributed by atoms with E-state index in [9.17, 15) is 37.3 Å². The molecule has 2 saturated heterocycles. The van der Waals surface area contributed by atoms with E-state index < -0.39 is 70.2 Å². The van der Waals surface area contributed by atoms with Crippen molar-refractivity contribution in [2.75, 3.05) is 25.4 Å². The van der Waals surface area contributed by atoms with Crippen molar-refractivity contribution in [2.24, 2.45) is 10.9 Å². The van der Waals surface area contributed by atoms with Crippen molar-refractivity contribution in [1.82, 2.24) is 19.5 Å². The highest BCUT2D eigenvalue weighted by molar-refractivity contribution is 7.84. The lowest BCUT2D eigenvalue weighted by Crippen LogP contribution is -2.74. The molecule has 0 aliphatic carbocycles. The zero-order valence-corrected chi connectivity index (χ0v) is 20.5. The number of nitrogens with zero attached hydrogens (tertiary/aromatic N) is 4. The standard InChI is InChI=1S/C17H23N7O10S2/c1-17(2,14(27)28)34-22-10(8-6-35-15(19)20-8)12(25)21-11-9(24(13(11)26)36(30,31)32)5-23-4-7(3-18)33-16(23)29/h6-7,9,11H,3-5,18H2,1-2H3,(H2,19,20)(H,21,25)(H,27,28)(H,30,31,32)/t7-,9-,11-/m0/s1. The van der Waals surface area contributed by atoms with Gasteiger partial charge < -0.3 is 36.4 Å². The largest absolute Gasteiger partial charge is 0.478 e. The highest BCUT2D eigenvalue weighted by Crippen LogP contribution is 2.26. The Labute approximate surface area is 207 Å². The van der Waals surface area contributed by atoms with Crippen LogP contribution in [0.2, 0.25) is 0 Å². The number of carboxylic acids is 1. The summed E-state index contributed by atoms with van der Waals surface area (Å²) in [5, 5.41) is 16.4. The van der Waals surface area contributed by atoms with Gasteiger partial charge in [0.15, 0.2) is 10.8 Å². The Hall–Kier alpha value is -3.55. The molecular weight excluding hydrogens is 526 g/mol. The number of carbonyl (C=O) groups is 4. The van der Waals surface area contributed by atoms with E-state index in [1.54, 1.807) is 0 Å². The van der Waals surface area contributed by atoms with Crippen LogP contribution in [0.15, 0.2) is 10.5 Å². The number of hydrogen-bond donors (Lipinski definition) is 5. The molecule has 198 valence electrons. The van der Waals surface area contributed by atoms with E-state index in [4.69, 9.17) is 21.0 Å². The van der Waals surface area contributed by atoms with E-state index in [1.807, 2.05) is 0 Å². The van der Waals surface area contributed by atoms with Crippen molar-refractivity contribution in [3.63, 3.8) is 0 Å². The Morgan fingerprint density at radius 1 is 1.42 bits per heavy atom. The minimum Gasteiger partial charge on any atom is -0.478 e. The summed E-state index contributed by atoms with van der Waals surface area (Å²) in [6.45, 7) is 1.90. The number of carbonyl (C=O) groups excluding carboxylic acids is 3. The molecule has 2 aliphatic rings. The van der Waals surface area contributed by atoms with Crippen LogP contribution in [0.25, 0.3) is 0 Å². The number of nitrogen functional groups attached to an aromatic ring is 1. The Kier molecular flexibility index (Phi) is 7.39. The summed E-state index contributed by atoms with van der Waals surface area (Å²) in [6.07, 6.45) is -1.49. The van der Waals surface area contributed by atoms with Gasteiger partial charge in [0.1, 0.15) is 17.8 Å². The fraction of sp³-hybridized carbons (Fsp3) is 0.529. The van der Waals surface area contributed by atoms with Gasteiger partial charge in [-0.15, -0.1) is 11.3 Å². The van der Waals surface area contributed by atoms with Crippen LogP contribution in [0.5, 0.6) is 0 Å². The second-order valence-corrected chi connectivity index (χ2v) is 10.4. The van der Waals surface area contributed by atoms with E-state index in [0.717, 1.165) is 16.2 Å². The molecule has 2 fully saturated rings. The van der Waals surface area contributed by atoms with E-state index >= 15 is 0 Å². The minimum atomic E-state index is -5.04. The number of ether oxygens (including phenoxy) is 1. The lowest BCUT2D eigenvalue weighted by atomic mass is 9.97. The first-order valence-corrected chi connectivity index (χ1v) is 12.4. The Morgan fingerprint density at radius 2 is 2.08 bits per heavy atom. The lowest BCUT2D eigenvalue weighted by molar-refractivity contribution is -0.161. The number of carboxylic acid groups (broad SMARTS) is 1. The number of nitrogens with two attached hydrogens (primary N) is 2. The zero-order valence-electron chi connectivity index (χ0n) is 18.9. The molecule has 0 aromatic carbocycles. The summed E-state index contributed by atoms with van der Waals surface area (Å²) in [6, 6.07) is -2.93. The second-order valence-electron chi connectivity index (χ2n) is 8.19. The van der Waals surface area contributed by atoms with Gasteiger partial charge in [-0.05, 0) is 13.8 Å². The van der Waals surface area contributed by atoms with Gasteiger partial charge in [0.05, 0.1) is 12.6 Å². The SMILES string of the molecule is CC(C)(ON=C(C(=O)N[C@@H]1C(=O)N(S(=O)(=O)O)[C@H]1CN1C[C@H](CN)OC1=O)c1csc(N)n1)C(=O)O. The summed E-state index contributed by atoms with van der Waals surface area (Å²) in [4.78, 5) is 58.9. The van der Waals surface area contributed by atoms with Gasteiger partial charge in [0.2, 0.25) is 5.60 Å². The number of rotatable bonds is 10. The van der Waals surface area contributed by atoms with Crippen LogP contribution in [0.3, 0.4) is 0 Å². The molecule has 1 aromatic rings. The highest BCUT2D eigenvalue weighted by Gasteiger charge is 2.55. The van der Waals surface area contributed by atoms with Crippen molar-refractivity contribution in [3.8, 4) is 0 Å². The van der Waals surface area contributed by atoms with Gasteiger partial charge in [-0.25, -0.2) is 18.9 Å². The molecule has 0 radical (unpaired) electrons. The van der Waals surface area contributed by atoms with Gasteiger partial charge >= 0.3 is 22.4 Å². The van der Waals surface area contributed by atoms with Crippen LogP contribution in [0, 0.1) is 0 Å². The molecule has 2 aliphatic heterocycles. The van der Waals surface area contributed by atoms with Crippen molar-refractivity contribution in [2.45, 2.75) is 37.6 Å². The van der Waals surface area contributed by atoms with Crippen LogP contribution >= 0.6 is 11.3 Å². The van der Waals surface area contributed by atoms with Crippen molar-refractivity contribution < 1.29 is 46.8 Å². The van der Waals surface area contributed by atoms with Gasteiger partial charge in [0.25, 0.3) is 11.8 Å². The predicted octanol–water partition coefficient (Wildman–Crippen LogP) is -2.41. The molecule has 36 heavy (non-hydrogen) atoms. The van der Waals surface area contributed by atoms with Crippen molar-refractivity contribution in [3.05, 3.63) is 11.1 Å². The number of cyclic esters (lactones) is 1. The number of anilines is 1. The normalized spacial score (nSPS) is 22.8. The van der Waals surface area contributed by atoms with Crippen LogP contribution in [-0.4, -0.2) is 105 Å². The average molecular weight is 550 g/mol. The van der Waals surface area contributed by atoms with Crippen LogP contribution < -0.4 is 16.8 Å². The fourth-order valence-electron chi connectivity index (χ4n) is 3.22. The predicted molar refractivity (Wildman–Crippen MR) is 121 cm³/mol. The maximum atomic E-state index is 13.0. The molecule has 0 spiro atoms. The Bertz CT molecular complexity index is 1210. The summed E-state index contributed by atoms with van der Waals surface area (Å²) in [5.41, 5.74) is 8.56. The fourth-order valence-corrected chi connectivity index (χ4v) is 4.64. The van der Waals surface area contributed by atoms with E-state index in [1.165, 1.54) is 19.2 Å². The third-order valence-electron chi connectivity index (χ3n) is 5.18. The number of aromatic nitrogens is 1. The summed E-state index contributed by atoms with van der Waals surface area (Å²) in [7, 11) is -5.04. The van der Waals surface area contributed by atoms with Gasteiger partial charge in [-0.2, -0.15) is 8.42 Å². The Morgan fingerprint density at radius 3 is 2.58 bits per heavy atom. The number of thiazole rings is 1. The molecule has 1 aromatic heterocycles. The first-order valence-electron chi connectivity index (χ1n) is 10.1. The molecule has 17 nitrogen and oxygen atoms in total. The highest BCUT2D eigenvalue weighted by atomic mass is 32.2. The molecule has 3 rings (SSSR count). The van der Waals surface area contributed by atoms with Gasteiger partial charge in [-0.1, -0.05) is 5.16 Å². The number of β-lactam (4-membered cyclic amide) rings is 1. The first-order chi connectivity index (χ1) is 16.7. The van der Waals surface area contributed by atoms with Crippen LogP contribution in [0.1, 0.15) is 19.5 Å². The summed E-state index contributed by atoms with van der Waals surface area (Å²) >= 11 is 0.935. The summed E-state index contributed by atoms with van der Waals surface area (Å²) in [5.74, 6) is -3.68. The maximum absolute atomic E-state index is 13.0. The molecule has 3 atom stereocenters.